The molecule has 1 amide bonds. The predicted molar refractivity (Wildman–Crippen MR) is 53.1 cm³/mol. The van der Waals surface area contributed by atoms with E-state index in [0.29, 0.717) is 37.7 Å². The molecule has 2 rings (SSSR count). The van der Waals surface area contributed by atoms with Crippen LogP contribution >= 0.6 is 11.6 Å². The lowest BCUT2D eigenvalue weighted by atomic mass is 9.96. The molecule has 1 heterocycles. The highest BCUT2D eigenvalue weighted by atomic mass is 35.5. The molecule has 15 heavy (non-hydrogen) atoms. The molecule has 0 aromatic heterocycles. The van der Waals surface area contributed by atoms with Gasteiger partial charge in [-0.1, -0.05) is 0 Å². The van der Waals surface area contributed by atoms with Crippen molar-refractivity contribution in [1.82, 2.24) is 4.90 Å². The Balaban J connectivity index is 1.92. The van der Waals surface area contributed by atoms with Crippen molar-refractivity contribution in [1.29, 1.82) is 0 Å². The van der Waals surface area contributed by atoms with Crippen molar-refractivity contribution in [2.45, 2.75) is 25.2 Å². The number of rotatable bonds is 2. The molecule has 0 aromatic rings. The molecule has 0 N–H and O–H groups in total. The second-order valence-electron chi connectivity index (χ2n) is 4.47. The molecule has 1 atom stereocenters. The van der Waals surface area contributed by atoms with Crippen LogP contribution in [0.25, 0.3) is 0 Å². The maximum absolute atomic E-state index is 13.3. The SMILES string of the molecule is O=C(C1CCCC1(F)F)N1CC(CCl)C1. The highest BCUT2D eigenvalue weighted by molar-refractivity contribution is 6.18. The van der Waals surface area contributed by atoms with Gasteiger partial charge in [0.05, 0.1) is 0 Å². The van der Waals surface area contributed by atoms with Gasteiger partial charge in [0.15, 0.2) is 0 Å². The molecule has 1 aliphatic carbocycles. The van der Waals surface area contributed by atoms with Gasteiger partial charge in [0.1, 0.15) is 5.92 Å². The van der Waals surface area contributed by atoms with Crippen LogP contribution < -0.4 is 0 Å². The van der Waals surface area contributed by atoms with Gasteiger partial charge in [0, 0.05) is 31.3 Å². The van der Waals surface area contributed by atoms with Crippen LogP contribution in [0.4, 0.5) is 8.78 Å². The Morgan fingerprint density at radius 3 is 2.60 bits per heavy atom. The second-order valence-corrected chi connectivity index (χ2v) is 4.78. The van der Waals surface area contributed by atoms with Crippen LogP contribution in [0, 0.1) is 11.8 Å². The van der Waals surface area contributed by atoms with Crippen molar-refractivity contribution in [2.75, 3.05) is 19.0 Å². The highest BCUT2D eigenvalue weighted by Crippen LogP contribution is 2.42. The third-order valence-electron chi connectivity index (χ3n) is 3.30. The van der Waals surface area contributed by atoms with Gasteiger partial charge >= 0.3 is 0 Å². The molecule has 2 aliphatic rings. The Bertz CT molecular complexity index is 266. The Kier molecular flexibility index (Phi) is 2.88. The summed E-state index contributed by atoms with van der Waals surface area (Å²) in [4.78, 5) is 13.2. The molecular weight excluding hydrogens is 224 g/mol. The normalized spacial score (nSPS) is 30.3. The van der Waals surface area contributed by atoms with Crippen LogP contribution in [0.5, 0.6) is 0 Å². The fourth-order valence-electron chi connectivity index (χ4n) is 2.30. The first kappa shape index (κ1) is 11.1. The zero-order valence-corrected chi connectivity index (χ0v) is 9.14. The fourth-order valence-corrected chi connectivity index (χ4v) is 2.49. The summed E-state index contributed by atoms with van der Waals surface area (Å²) >= 11 is 5.60. The third-order valence-corrected chi connectivity index (χ3v) is 3.73. The van der Waals surface area contributed by atoms with Crippen LogP contribution in [0.2, 0.25) is 0 Å². The minimum absolute atomic E-state index is 0.143. The van der Waals surface area contributed by atoms with Crippen LogP contribution in [0.1, 0.15) is 19.3 Å². The first-order chi connectivity index (χ1) is 7.04. The van der Waals surface area contributed by atoms with E-state index in [2.05, 4.69) is 0 Å². The number of hydrogen-bond donors (Lipinski definition) is 0. The van der Waals surface area contributed by atoms with E-state index >= 15 is 0 Å². The van der Waals surface area contributed by atoms with Gasteiger partial charge < -0.3 is 4.90 Å². The summed E-state index contributed by atoms with van der Waals surface area (Å²) in [6.07, 6.45) is 0.639. The van der Waals surface area contributed by atoms with E-state index in [4.69, 9.17) is 11.6 Å². The van der Waals surface area contributed by atoms with Gasteiger partial charge in [-0.05, 0) is 12.8 Å². The molecule has 1 unspecified atom stereocenters. The molecule has 1 saturated carbocycles. The molecule has 2 nitrogen and oxygen atoms in total. The van der Waals surface area contributed by atoms with E-state index in [1.165, 1.54) is 4.90 Å². The summed E-state index contributed by atoms with van der Waals surface area (Å²) in [6, 6.07) is 0. The second kappa shape index (κ2) is 3.89. The molecule has 86 valence electrons. The summed E-state index contributed by atoms with van der Waals surface area (Å²) in [7, 11) is 0. The molecule has 1 saturated heterocycles. The molecule has 2 fully saturated rings. The van der Waals surface area contributed by atoms with E-state index < -0.39 is 11.8 Å². The molecule has 0 spiro atoms. The van der Waals surface area contributed by atoms with E-state index in [1.807, 2.05) is 0 Å². The minimum atomic E-state index is -2.79. The Morgan fingerprint density at radius 2 is 2.13 bits per heavy atom. The zero-order chi connectivity index (χ0) is 11.1. The summed E-state index contributed by atoms with van der Waals surface area (Å²) in [5.74, 6) is -3.44. The van der Waals surface area contributed by atoms with E-state index in [1.54, 1.807) is 0 Å². The van der Waals surface area contributed by atoms with Gasteiger partial charge in [0.2, 0.25) is 5.91 Å². The predicted octanol–water partition coefficient (Wildman–Crippen LogP) is 2.12. The number of carbonyl (C=O) groups excluding carboxylic acids is 1. The largest absolute Gasteiger partial charge is 0.341 e. The van der Waals surface area contributed by atoms with Crippen LogP contribution in [-0.2, 0) is 4.79 Å². The van der Waals surface area contributed by atoms with Crippen molar-refractivity contribution >= 4 is 17.5 Å². The molecule has 5 heteroatoms. The van der Waals surface area contributed by atoms with Gasteiger partial charge in [0.25, 0.3) is 5.92 Å². The Hall–Kier alpha value is -0.380. The van der Waals surface area contributed by atoms with Crippen molar-refractivity contribution < 1.29 is 13.6 Å². The van der Waals surface area contributed by atoms with E-state index in [0.717, 1.165) is 0 Å². The number of alkyl halides is 3. The third kappa shape index (κ3) is 1.96. The fraction of sp³-hybridized carbons (Fsp3) is 0.900. The maximum atomic E-state index is 13.3. The first-order valence-corrected chi connectivity index (χ1v) is 5.80. The van der Waals surface area contributed by atoms with Gasteiger partial charge in [-0.2, -0.15) is 0 Å². The first-order valence-electron chi connectivity index (χ1n) is 5.27. The monoisotopic (exact) mass is 237 g/mol. The average Bonchev–Trinajstić information content (AvgIpc) is 2.43. The summed E-state index contributed by atoms with van der Waals surface area (Å²) in [6.45, 7) is 1.10. The van der Waals surface area contributed by atoms with E-state index in [-0.39, 0.29) is 12.3 Å². The topological polar surface area (TPSA) is 20.3 Å². The molecule has 0 bridgehead atoms. The van der Waals surface area contributed by atoms with Crippen LogP contribution in [0.15, 0.2) is 0 Å². The number of carbonyl (C=O) groups is 1. The Labute approximate surface area is 92.6 Å². The summed E-state index contributed by atoms with van der Waals surface area (Å²) in [5.41, 5.74) is 0. The summed E-state index contributed by atoms with van der Waals surface area (Å²) < 4.78 is 26.6. The Morgan fingerprint density at radius 1 is 1.47 bits per heavy atom. The van der Waals surface area contributed by atoms with Gasteiger partial charge in [-0.15, -0.1) is 11.6 Å². The van der Waals surface area contributed by atoms with Gasteiger partial charge in [-0.3, -0.25) is 4.79 Å². The maximum Gasteiger partial charge on any atom is 0.259 e. The standard InChI is InChI=1S/C10H14ClF2NO/c11-4-7-5-14(6-7)9(15)8-2-1-3-10(8,12)13/h7-8H,1-6H2. The van der Waals surface area contributed by atoms with Crippen molar-refractivity contribution in [3.05, 3.63) is 0 Å². The van der Waals surface area contributed by atoms with Crippen LogP contribution in [0.3, 0.4) is 0 Å². The van der Waals surface area contributed by atoms with Crippen molar-refractivity contribution in [3.8, 4) is 0 Å². The van der Waals surface area contributed by atoms with Crippen molar-refractivity contribution in [3.63, 3.8) is 0 Å². The number of nitrogens with zero attached hydrogens (tertiary/aromatic N) is 1. The molecule has 0 aromatic carbocycles. The number of hydrogen-bond acceptors (Lipinski definition) is 1. The quantitative estimate of drug-likeness (QED) is 0.674. The minimum Gasteiger partial charge on any atom is -0.341 e. The molecule has 0 radical (unpaired) electrons. The summed E-state index contributed by atoms with van der Waals surface area (Å²) in [5, 5.41) is 0. The highest BCUT2D eigenvalue weighted by Gasteiger charge is 2.50. The smallest absolute Gasteiger partial charge is 0.259 e. The lowest BCUT2D eigenvalue weighted by Crippen LogP contribution is -2.54. The zero-order valence-electron chi connectivity index (χ0n) is 8.39. The van der Waals surface area contributed by atoms with E-state index in [9.17, 15) is 13.6 Å². The average molecular weight is 238 g/mol. The number of likely N-dealkylation sites (tertiary alicyclic amines) is 1. The lowest BCUT2D eigenvalue weighted by Gasteiger charge is -2.40. The number of amides is 1. The van der Waals surface area contributed by atoms with Crippen LogP contribution in [-0.4, -0.2) is 35.7 Å². The molecular formula is C10H14ClF2NO. The lowest BCUT2D eigenvalue weighted by molar-refractivity contribution is -0.152. The molecule has 1 aliphatic heterocycles. The van der Waals surface area contributed by atoms with Crippen molar-refractivity contribution in [2.24, 2.45) is 11.8 Å². The van der Waals surface area contributed by atoms with Gasteiger partial charge in [-0.25, -0.2) is 8.78 Å². The number of halogens is 3.